The molecule has 0 amide bonds. The van der Waals surface area contributed by atoms with Gasteiger partial charge in [-0.1, -0.05) is 6.07 Å². The number of amidine groups is 1. The lowest BCUT2D eigenvalue weighted by Crippen LogP contribution is -2.18. The quantitative estimate of drug-likeness (QED) is 0.161. The standard InChI is InChI=1S/C23H24N8O3.C2H4O2/c1-33-13-14-10-16(12-18(11-14)34-2)19(28-17-6-4-15(5-7-17)20(24)25)21-29-23(32)31(30-21)22-26-8-3-9-27-22;1-2(3)4/h3-12,19,28H,13H2,1-2H3,(H3,24,25)(H,29,30,32);1H3,(H,3,4)/t19-;/m0./s1. The largest absolute Gasteiger partial charge is 0.497 e. The fraction of sp³-hybridized carbons (Fsp3) is 0.200. The zero-order valence-electron chi connectivity index (χ0n) is 21.0. The number of nitrogens with one attached hydrogen (secondary N) is 3. The molecule has 0 fully saturated rings. The smallest absolute Gasteiger partial charge is 0.350 e. The predicted octanol–water partition coefficient (Wildman–Crippen LogP) is 2.08. The number of ether oxygens (including phenoxy) is 2. The van der Waals surface area contributed by atoms with Crippen LogP contribution >= 0.6 is 0 Å². The minimum absolute atomic E-state index is 0.0222. The van der Waals surface area contributed by atoms with Crippen LogP contribution in [0.5, 0.6) is 5.75 Å². The second kappa shape index (κ2) is 12.8. The van der Waals surface area contributed by atoms with E-state index in [-0.39, 0.29) is 11.8 Å². The molecule has 198 valence electrons. The van der Waals surface area contributed by atoms with Gasteiger partial charge in [0.25, 0.3) is 11.9 Å². The van der Waals surface area contributed by atoms with Gasteiger partial charge in [-0.15, -0.1) is 9.78 Å². The Kier molecular flexibility index (Phi) is 9.26. The lowest BCUT2D eigenvalue weighted by molar-refractivity contribution is -0.134. The van der Waals surface area contributed by atoms with Crippen molar-refractivity contribution in [2.24, 2.45) is 5.73 Å². The lowest BCUT2D eigenvalue weighted by Gasteiger charge is -2.20. The number of rotatable bonds is 9. The van der Waals surface area contributed by atoms with Gasteiger partial charge in [0, 0.05) is 37.7 Å². The maximum Gasteiger partial charge on any atom is 0.350 e. The Hall–Kier alpha value is -5.04. The lowest BCUT2D eigenvalue weighted by atomic mass is 10.0. The van der Waals surface area contributed by atoms with E-state index in [1.807, 2.05) is 18.2 Å². The Morgan fingerprint density at radius 3 is 2.42 bits per heavy atom. The molecule has 0 aliphatic heterocycles. The van der Waals surface area contributed by atoms with Crippen LogP contribution in [0.3, 0.4) is 0 Å². The SMILES string of the molecule is CC(=O)O.COCc1cc(OC)cc([C@H](Nc2ccc(C(=N)N)cc2)c2nn(-c3ncccn3)c(=O)[nH]2)c1. The number of nitrogens with zero attached hydrogens (tertiary/aromatic N) is 4. The molecule has 0 saturated heterocycles. The normalized spacial score (nSPS) is 11.1. The average molecular weight is 521 g/mol. The van der Waals surface area contributed by atoms with Crippen molar-refractivity contribution in [3.63, 3.8) is 0 Å². The molecule has 2 aromatic heterocycles. The third kappa shape index (κ3) is 7.24. The maximum absolute atomic E-state index is 12.7. The van der Waals surface area contributed by atoms with Gasteiger partial charge in [0.2, 0.25) is 0 Å². The molecular weight excluding hydrogens is 492 g/mol. The number of anilines is 1. The summed E-state index contributed by atoms with van der Waals surface area (Å²) in [4.78, 5) is 32.7. The third-order valence-electron chi connectivity index (χ3n) is 5.03. The number of aliphatic carboxylic acids is 1. The van der Waals surface area contributed by atoms with E-state index in [9.17, 15) is 4.79 Å². The molecule has 4 aromatic rings. The molecule has 4 rings (SSSR count). The van der Waals surface area contributed by atoms with E-state index in [0.717, 1.165) is 28.4 Å². The monoisotopic (exact) mass is 520 g/mol. The van der Waals surface area contributed by atoms with Crippen molar-refractivity contribution in [3.05, 3.63) is 93.9 Å². The van der Waals surface area contributed by atoms with Gasteiger partial charge < -0.3 is 25.6 Å². The van der Waals surface area contributed by atoms with Gasteiger partial charge >= 0.3 is 5.69 Å². The molecule has 0 spiro atoms. The Morgan fingerprint density at radius 2 is 1.84 bits per heavy atom. The van der Waals surface area contributed by atoms with Gasteiger partial charge in [0.15, 0.2) is 5.82 Å². The number of aromatic amines is 1. The molecule has 38 heavy (non-hydrogen) atoms. The zero-order chi connectivity index (χ0) is 27.7. The van der Waals surface area contributed by atoms with Crippen molar-refractivity contribution in [1.82, 2.24) is 24.7 Å². The summed E-state index contributed by atoms with van der Waals surface area (Å²) in [6.07, 6.45) is 3.07. The molecule has 0 aliphatic rings. The topological polar surface area (TPSA) is 194 Å². The number of benzene rings is 2. The molecule has 0 saturated carbocycles. The number of hydrogen-bond donors (Lipinski definition) is 5. The second-order valence-electron chi connectivity index (χ2n) is 7.91. The van der Waals surface area contributed by atoms with Crippen LogP contribution in [0.4, 0.5) is 5.69 Å². The number of H-pyrrole nitrogens is 1. The zero-order valence-corrected chi connectivity index (χ0v) is 21.0. The molecule has 2 heterocycles. The van der Waals surface area contributed by atoms with Crippen molar-refractivity contribution in [3.8, 4) is 11.7 Å². The minimum Gasteiger partial charge on any atom is -0.497 e. The number of methoxy groups -OCH3 is 2. The van der Waals surface area contributed by atoms with Crippen LogP contribution in [0, 0.1) is 5.41 Å². The average Bonchev–Trinajstić information content (AvgIpc) is 3.28. The number of hydrogen-bond acceptors (Lipinski definition) is 9. The highest BCUT2D eigenvalue weighted by Crippen LogP contribution is 2.29. The maximum atomic E-state index is 12.7. The fourth-order valence-electron chi connectivity index (χ4n) is 3.45. The van der Waals surface area contributed by atoms with Crippen LogP contribution in [0.15, 0.2) is 65.7 Å². The Morgan fingerprint density at radius 1 is 1.18 bits per heavy atom. The molecule has 0 aliphatic carbocycles. The number of aromatic nitrogens is 5. The number of carbonyl (C=O) groups is 1. The highest BCUT2D eigenvalue weighted by atomic mass is 16.5. The summed E-state index contributed by atoms with van der Waals surface area (Å²) in [6.45, 7) is 1.47. The van der Waals surface area contributed by atoms with E-state index in [1.165, 1.54) is 12.4 Å². The summed E-state index contributed by atoms with van der Waals surface area (Å²) in [6, 6.07) is 13.9. The van der Waals surface area contributed by atoms with Crippen molar-refractivity contribution < 1.29 is 19.4 Å². The van der Waals surface area contributed by atoms with Crippen LogP contribution < -0.4 is 21.5 Å². The van der Waals surface area contributed by atoms with E-state index < -0.39 is 17.7 Å². The van der Waals surface area contributed by atoms with Gasteiger partial charge in [0.1, 0.15) is 17.6 Å². The van der Waals surface area contributed by atoms with Crippen LogP contribution in [0.1, 0.15) is 35.5 Å². The number of nitrogen functional groups attached to an aromatic ring is 1. The second-order valence-corrected chi connectivity index (χ2v) is 7.91. The van der Waals surface area contributed by atoms with Crippen LogP contribution in [-0.4, -0.2) is 55.9 Å². The van der Waals surface area contributed by atoms with Crippen molar-refractivity contribution >= 4 is 17.5 Å². The molecule has 0 bridgehead atoms. The summed E-state index contributed by atoms with van der Waals surface area (Å²) in [5.41, 5.74) is 8.12. The summed E-state index contributed by atoms with van der Waals surface area (Å²) >= 11 is 0. The minimum atomic E-state index is -0.833. The molecule has 6 N–H and O–H groups in total. The summed E-state index contributed by atoms with van der Waals surface area (Å²) < 4.78 is 11.9. The van der Waals surface area contributed by atoms with E-state index in [4.69, 9.17) is 30.5 Å². The van der Waals surface area contributed by atoms with E-state index >= 15 is 0 Å². The molecule has 0 radical (unpaired) electrons. The predicted molar refractivity (Wildman–Crippen MR) is 140 cm³/mol. The number of carboxylic acids is 1. The number of nitrogens with two attached hydrogens (primary N) is 1. The van der Waals surface area contributed by atoms with E-state index in [1.54, 1.807) is 44.6 Å². The van der Waals surface area contributed by atoms with Crippen molar-refractivity contribution in [2.45, 2.75) is 19.6 Å². The summed E-state index contributed by atoms with van der Waals surface area (Å²) in [5, 5.41) is 22.9. The molecular formula is C25H28N8O5. The molecule has 0 unspecified atom stereocenters. The fourth-order valence-corrected chi connectivity index (χ4v) is 3.45. The Labute approximate surface area is 217 Å². The number of carboxylic acid groups (broad SMARTS) is 1. The first-order valence-electron chi connectivity index (χ1n) is 11.3. The van der Waals surface area contributed by atoms with Crippen LogP contribution in [0.2, 0.25) is 0 Å². The first-order valence-corrected chi connectivity index (χ1v) is 11.3. The van der Waals surface area contributed by atoms with E-state index in [0.29, 0.717) is 23.7 Å². The van der Waals surface area contributed by atoms with E-state index in [2.05, 4.69) is 25.4 Å². The van der Waals surface area contributed by atoms with Gasteiger partial charge in [-0.3, -0.25) is 15.2 Å². The first kappa shape index (κ1) is 27.5. The first-order chi connectivity index (χ1) is 18.2. The van der Waals surface area contributed by atoms with Crippen LogP contribution in [-0.2, 0) is 16.1 Å². The van der Waals surface area contributed by atoms with Crippen LogP contribution in [0.25, 0.3) is 5.95 Å². The Bertz CT molecular complexity index is 1430. The highest BCUT2D eigenvalue weighted by Gasteiger charge is 2.22. The summed E-state index contributed by atoms with van der Waals surface area (Å²) in [7, 11) is 3.20. The van der Waals surface area contributed by atoms with Gasteiger partial charge in [0.05, 0.1) is 13.7 Å². The van der Waals surface area contributed by atoms with Gasteiger partial charge in [-0.05, 0) is 53.6 Å². The molecule has 1 atom stereocenters. The molecule has 2 aromatic carbocycles. The molecule has 13 nitrogen and oxygen atoms in total. The third-order valence-corrected chi connectivity index (χ3v) is 5.03. The highest BCUT2D eigenvalue weighted by molar-refractivity contribution is 5.95. The van der Waals surface area contributed by atoms with Crippen molar-refractivity contribution in [1.29, 1.82) is 5.41 Å². The molecule has 13 heteroatoms. The Balaban J connectivity index is 0.000000934. The van der Waals surface area contributed by atoms with Crippen molar-refractivity contribution in [2.75, 3.05) is 19.5 Å². The summed E-state index contributed by atoms with van der Waals surface area (Å²) in [5.74, 6) is 0.289. The van der Waals surface area contributed by atoms with Gasteiger partial charge in [-0.2, -0.15) is 0 Å². The van der Waals surface area contributed by atoms with Gasteiger partial charge in [-0.25, -0.2) is 14.8 Å².